The monoisotopic (exact) mass is 793 g/mol. The second-order valence-electron chi connectivity index (χ2n) is 15.6. The van der Waals surface area contributed by atoms with Gasteiger partial charge in [0.2, 0.25) is 0 Å². The fourth-order valence-corrected chi connectivity index (χ4v) is 8.66. The molecule has 5 nitrogen and oxygen atoms in total. The van der Waals surface area contributed by atoms with Gasteiger partial charge in [0.05, 0.1) is 0 Å². The van der Waals surface area contributed by atoms with Crippen molar-refractivity contribution in [2.45, 2.75) is 0 Å². The van der Waals surface area contributed by atoms with Crippen molar-refractivity contribution in [2.75, 3.05) is 0 Å². The van der Waals surface area contributed by atoms with Crippen LogP contribution in [-0.2, 0) is 0 Å². The molecule has 0 atom stereocenters. The minimum Gasteiger partial charge on any atom is -0.455 e. The maximum absolute atomic E-state index is 6.40. The zero-order valence-corrected chi connectivity index (χ0v) is 33.4. The van der Waals surface area contributed by atoms with Crippen molar-refractivity contribution in [2.24, 2.45) is 0 Å². The van der Waals surface area contributed by atoms with Gasteiger partial charge in [0.15, 0.2) is 17.5 Å². The van der Waals surface area contributed by atoms with Gasteiger partial charge in [0.1, 0.15) is 22.3 Å². The number of rotatable bonds is 7. The van der Waals surface area contributed by atoms with Gasteiger partial charge in [-0.3, -0.25) is 0 Å². The van der Waals surface area contributed by atoms with Crippen LogP contribution >= 0.6 is 0 Å². The van der Waals surface area contributed by atoms with Crippen LogP contribution in [-0.4, -0.2) is 15.0 Å². The Balaban J connectivity index is 0.994. The van der Waals surface area contributed by atoms with Crippen LogP contribution in [0.2, 0.25) is 0 Å². The molecule has 0 spiro atoms. The summed E-state index contributed by atoms with van der Waals surface area (Å²) in [5, 5.41) is 4.42. The maximum atomic E-state index is 6.40. The molecule has 290 valence electrons. The van der Waals surface area contributed by atoms with Gasteiger partial charge in [0, 0.05) is 49.4 Å². The van der Waals surface area contributed by atoms with Crippen molar-refractivity contribution in [3.63, 3.8) is 0 Å². The number of aromatic nitrogens is 3. The molecule has 0 amide bonds. The van der Waals surface area contributed by atoms with E-state index in [2.05, 4.69) is 164 Å². The predicted octanol–water partition coefficient (Wildman–Crippen LogP) is 15.3. The summed E-state index contributed by atoms with van der Waals surface area (Å²) >= 11 is 0. The molecule has 0 aliphatic carbocycles. The summed E-state index contributed by atoms with van der Waals surface area (Å²) in [6, 6.07) is 73.4. The first-order chi connectivity index (χ1) is 30.7. The summed E-state index contributed by atoms with van der Waals surface area (Å²) in [5.74, 6) is 1.76. The number of furan rings is 2. The third kappa shape index (κ3) is 6.23. The predicted molar refractivity (Wildman–Crippen MR) is 252 cm³/mol. The average molecular weight is 794 g/mol. The first-order valence-electron chi connectivity index (χ1n) is 20.7. The standard InChI is InChI=1S/C57H35N3O2/c1-3-13-36(14-4-1)42-33-43(37-15-5-2-6-16-37)35-44(34-42)57-59-55(40-29-25-38(26-30-40)45-19-11-21-49-47-17-7-9-23-51(47)61-53(45)49)58-56(60-57)41-31-27-39(28-32-41)46-20-12-22-50-48-18-8-10-24-52(48)62-54(46)50/h1-35H. The van der Waals surface area contributed by atoms with Crippen LogP contribution in [0, 0.1) is 0 Å². The Morgan fingerprint density at radius 2 is 0.597 bits per heavy atom. The van der Waals surface area contributed by atoms with E-state index in [0.717, 1.165) is 105 Å². The molecule has 9 aromatic carbocycles. The van der Waals surface area contributed by atoms with Crippen molar-refractivity contribution in [3.8, 4) is 78.7 Å². The zero-order valence-electron chi connectivity index (χ0n) is 33.4. The summed E-state index contributed by atoms with van der Waals surface area (Å²) in [4.78, 5) is 15.6. The lowest BCUT2D eigenvalue weighted by atomic mass is 9.96. The van der Waals surface area contributed by atoms with Crippen LogP contribution < -0.4 is 0 Å². The minimum absolute atomic E-state index is 0.584. The van der Waals surface area contributed by atoms with E-state index in [1.54, 1.807) is 0 Å². The lowest BCUT2D eigenvalue weighted by molar-refractivity contribution is 0.669. The van der Waals surface area contributed by atoms with Gasteiger partial charge in [0.25, 0.3) is 0 Å². The van der Waals surface area contributed by atoms with E-state index in [0.29, 0.717) is 17.5 Å². The van der Waals surface area contributed by atoms with E-state index in [1.807, 2.05) is 48.5 Å². The van der Waals surface area contributed by atoms with Crippen LogP contribution in [0.1, 0.15) is 0 Å². The number of fused-ring (bicyclic) bond motifs is 6. The van der Waals surface area contributed by atoms with Gasteiger partial charge in [-0.15, -0.1) is 0 Å². The molecular formula is C57H35N3O2. The number of hydrogen-bond donors (Lipinski definition) is 0. The Bertz CT molecular complexity index is 3380. The quantitative estimate of drug-likeness (QED) is 0.161. The molecule has 0 fully saturated rings. The maximum Gasteiger partial charge on any atom is 0.164 e. The summed E-state index contributed by atoms with van der Waals surface area (Å²) in [7, 11) is 0. The first-order valence-corrected chi connectivity index (χ1v) is 20.7. The van der Waals surface area contributed by atoms with Crippen LogP contribution in [0.15, 0.2) is 221 Å². The third-order valence-corrected chi connectivity index (χ3v) is 11.8. The largest absolute Gasteiger partial charge is 0.455 e. The number of para-hydroxylation sites is 4. The molecule has 0 N–H and O–H groups in total. The van der Waals surface area contributed by atoms with Crippen molar-refractivity contribution < 1.29 is 8.83 Å². The highest BCUT2D eigenvalue weighted by atomic mass is 16.3. The highest BCUT2D eigenvalue weighted by Crippen LogP contribution is 2.39. The average Bonchev–Trinajstić information content (AvgIpc) is 3.93. The molecule has 0 saturated heterocycles. The van der Waals surface area contributed by atoms with Crippen molar-refractivity contribution in [1.82, 2.24) is 15.0 Å². The van der Waals surface area contributed by atoms with E-state index in [4.69, 9.17) is 23.8 Å². The van der Waals surface area contributed by atoms with Gasteiger partial charge in [-0.2, -0.15) is 0 Å². The highest BCUT2D eigenvalue weighted by molar-refractivity contribution is 6.10. The molecule has 62 heavy (non-hydrogen) atoms. The molecule has 3 heterocycles. The lowest BCUT2D eigenvalue weighted by Gasteiger charge is -2.13. The molecule has 5 heteroatoms. The van der Waals surface area contributed by atoms with E-state index in [9.17, 15) is 0 Å². The van der Waals surface area contributed by atoms with Gasteiger partial charge >= 0.3 is 0 Å². The Hall–Kier alpha value is -8.41. The fraction of sp³-hybridized carbons (Fsp3) is 0. The molecule has 0 aliphatic rings. The molecule has 12 rings (SSSR count). The van der Waals surface area contributed by atoms with E-state index in [1.165, 1.54) is 0 Å². The Labute approximate surface area is 357 Å². The summed E-state index contributed by atoms with van der Waals surface area (Å²) < 4.78 is 12.8. The second kappa shape index (κ2) is 14.7. The van der Waals surface area contributed by atoms with Gasteiger partial charge in [-0.25, -0.2) is 15.0 Å². The zero-order chi connectivity index (χ0) is 41.0. The topological polar surface area (TPSA) is 65.0 Å². The molecule has 0 radical (unpaired) electrons. The van der Waals surface area contributed by atoms with Crippen molar-refractivity contribution in [3.05, 3.63) is 212 Å². The number of benzene rings is 9. The minimum atomic E-state index is 0.584. The fourth-order valence-electron chi connectivity index (χ4n) is 8.66. The van der Waals surface area contributed by atoms with Crippen LogP contribution in [0.4, 0.5) is 0 Å². The Morgan fingerprint density at radius 3 is 1.05 bits per heavy atom. The Kier molecular flexibility index (Phi) is 8.42. The third-order valence-electron chi connectivity index (χ3n) is 11.8. The summed E-state index contributed by atoms with van der Waals surface area (Å²) in [5.41, 5.74) is 14.7. The van der Waals surface area contributed by atoms with Crippen LogP contribution in [0.5, 0.6) is 0 Å². The molecule has 3 aromatic heterocycles. The number of hydrogen-bond acceptors (Lipinski definition) is 5. The van der Waals surface area contributed by atoms with Gasteiger partial charge in [-0.05, 0) is 63.7 Å². The van der Waals surface area contributed by atoms with Crippen LogP contribution in [0.3, 0.4) is 0 Å². The Morgan fingerprint density at radius 1 is 0.242 bits per heavy atom. The van der Waals surface area contributed by atoms with E-state index >= 15 is 0 Å². The molecule has 0 aliphatic heterocycles. The van der Waals surface area contributed by atoms with Gasteiger partial charge in [-0.1, -0.05) is 182 Å². The van der Waals surface area contributed by atoms with E-state index in [-0.39, 0.29) is 0 Å². The molecule has 0 bridgehead atoms. The molecule has 0 saturated carbocycles. The van der Waals surface area contributed by atoms with Crippen molar-refractivity contribution in [1.29, 1.82) is 0 Å². The molecule has 12 aromatic rings. The summed E-state index contributed by atoms with van der Waals surface area (Å²) in [6.07, 6.45) is 0. The normalized spacial score (nSPS) is 11.5. The second-order valence-corrected chi connectivity index (χ2v) is 15.6. The first kappa shape index (κ1) is 35.5. The lowest BCUT2D eigenvalue weighted by Crippen LogP contribution is -2.00. The van der Waals surface area contributed by atoms with Gasteiger partial charge < -0.3 is 8.83 Å². The smallest absolute Gasteiger partial charge is 0.164 e. The highest BCUT2D eigenvalue weighted by Gasteiger charge is 2.18. The molecular weight excluding hydrogens is 759 g/mol. The summed E-state index contributed by atoms with van der Waals surface area (Å²) in [6.45, 7) is 0. The molecule has 0 unspecified atom stereocenters. The number of nitrogens with zero attached hydrogens (tertiary/aromatic N) is 3. The SMILES string of the molecule is c1ccc(-c2cc(-c3ccccc3)cc(-c3nc(-c4ccc(-c5cccc6c5oc5ccccc56)cc4)nc(-c4ccc(-c5cccc6c5oc5ccccc56)cc4)n3)c2)cc1. The van der Waals surface area contributed by atoms with E-state index < -0.39 is 0 Å². The van der Waals surface area contributed by atoms with Crippen molar-refractivity contribution >= 4 is 43.9 Å². The van der Waals surface area contributed by atoms with Crippen LogP contribution in [0.25, 0.3) is 123 Å².